The van der Waals surface area contributed by atoms with Crippen LogP contribution in [0, 0.1) is 0 Å². The lowest BCUT2D eigenvalue weighted by atomic mass is 9.84. The maximum absolute atomic E-state index is 11.1. The monoisotopic (exact) mass is 580 g/mol. The van der Waals surface area contributed by atoms with E-state index in [-0.39, 0.29) is 19.5 Å². The van der Waals surface area contributed by atoms with Gasteiger partial charge in [-0.1, -0.05) is 0 Å². The molecule has 4 rings (SSSR count). The highest BCUT2D eigenvalue weighted by Crippen LogP contribution is 2.34. The van der Waals surface area contributed by atoms with Crippen LogP contribution in [-0.2, 0) is 28.4 Å². The third-order valence-corrected chi connectivity index (χ3v) is 7.83. The van der Waals surface area contributed by atoms with E-state index in [4.69, 9.17) is 62.8 Å². The van der Waals surface area contributed by atoms with E-state index in [0.717, 1.165) is 0 Å². The van der Waals surface area contributed by atoms with E-state index in [1.54, 1.807) is 6.08 Å². The smallest absolute Gasteiger partial charge is 0.215 e. The summed E-state index contributed by atoms with van der Waals surface area (Å²) in [5.41, 5.74) is 35.9. The molecule has 1 saturated carbocycles. The molecule has 1 aliphatic carbocycles. The Morgan fingerprint density at radius 3 is 2.02 bits per heavy atom. The van der Waals surface area contributed by atoms with Crippen LogP contribution in [0.4, 0.5) is 0 Å². The molecule has 0 radical (unpaired) electrons. The number of aliphatic hydroxyl groups is 5. The quantitative estimate of drug-likeness (QED) is 0.121. The molecule has 0 aromatic heterocycles. The highest BCUT2D eigenvalue weighted by atomic mass is 16.8. The van der Waals surface area contributed by atoms with E-state index < -0.39 is 105 Å². The molecule has 1 unspecified atom stereocenters. The zero-order valence-electron chi connectivity index (χ0n) is 22.0. The Bertz CT molecular complexity index is 860. The average Bonchev–Trinajstić information content (AvgIpc) is 3.23. The highest BCUT2D eigenvalue weighted by molar-refractivity contribution is 5.04. The third-order valence-electron chi connectivity index (χ3n) is 7.83. The van der Waals surface area contributed by atoms with Crippen LogP contribution in [-0.4, -0.2) is 143 Å². The summed E-state index contributed by atoms with van der Waals surface area (Å²) in [6.45, 7) is -0.596. The molecule has 0 bridgehead atoms. The molecular formula is C23H44N6O11. The van der Waals surface area contributed by atoms with Gasteiger partial charge in [-0.2, -0.15) is 0 Å². The normalized spacial score (nSPS) is 49.9. The zero-order chi connectivity index (χ0) is 29.3. The Morgan fingerprint density at radius 2 is 1.38 bits per heavy atom. The minimum Gasteiger partial charge on any atom is -0.467 e. The first kappa shape index (κ1) is 31.8. The second-order valence-electron chi connectivity index (χ2n) is 10.7. The Kier molecular flexibility index (Phi) is 10.7. The highest BCUT2D eigenvalue weighted by Gasteiger charge is 2.53. The standard InChI is InChI=1S/C23H44N6O11/c24-4-7-1-2-8(26)21(35-7)38-18-10(28)3-9(27)14(31)20(18)40-23-17(34)19(12(6-30)37-23)39-22-13(29)16(33)15(32)11(5-25)36-22/h1,8-23,30-34H,2-6,24-29H2/t8-,9-,10+,11?,12-,13-,14+,15-,16-,17-,18-,19-,20-,21-,22-,23+/m1/s1. The van der Waals surface area contributed by atoms with E-state index in [9.17, 15) is 25.5 Å². The van der Waals surface area contributed by atoms with Gasteiger partial charge in [-0.3, -0.25) is 0 Å². The molecule has 2 saturated heterocycles. The maximum atomic E-state index is 11.1. The van der Waals surface area contributed by atoms with E-state index in [1.165, 1.54) is 0 Å². The lowest BCUT2D eigenvalue weighted by Crippen LogP contribution is -2.65. The molecule has 232 valence electrons. The summed E-state index contributed by atoms with van der Waals surface area (Å²) in [6.07, 6.45) is -12.4. The Labute approximate surface area is 231 Å². The third kappa shape index (κ3) is 6.45. The number of hydrogen-bond acceptors (Lipinski definition) is 17. The maximum Gasteiger partial charge on any atom is 0.215 e. The van der Waals surface area contributed by atoms with Crippen molar-refractivity contribution in [2.45, 2.75) is 111 Å². The predicted octanol–water partition coefficient (Wildman–Crippen LogP) is -6.71. The molecule has 0 spiro atoms. The van der Waals surface area contributed by atoms with Gasteiger partial charge in [0.15, 0.2) is 12.6 Å². The largest absolute Gasteiger partial charge is 0.467 e. The summed E-state index contributed by atoms with van der Waals surface area (Å²) in [5.74, 6) is 0.490. The summed E-state index contributed by atoms with van der Waals surface area (Å²) in [7, 11) is 0. The van der Waals surface area contributed by atoms with E-state index in [0.29, 0.717) is 12.2 Å². The minimum atomic E-state index is -1.53. The molecule has 3 aliphatic heterocycles. The van der Waals surface area contributed by atoms with Gasteiger partial charge in [0.05, 0.1) is 31.3 Å². The number of aliphatic hydroxyl groups excluding tert-OH is 5. The van der Waals surface area contributed by atoms with Crippen LogP contribution in [0.3, 0.4) is 0 Å². The summed E-state index contributed by atoms with van der Waals surface area (Å²) < 4.78 is 35.0. The second-order valence-corrected chi connectivity index (χ2v) is 10.7. The molecule has 3 fully saturated rings. The molecule has 0 aromatic rings. The number of rotatable bonds is 9. The van der Waals surface area contributed by atoms with Crippen molar-refractivity contribution >= 4 is 0 Å². The van der Waals surface area contributed by atoms with Crippen LogP contribution < -0.4 is 34.4 Å². The van der Waals surface area contributed by atoms with Crippen molar-refractivity contribution in [3.05, 3.63) is 11.8 Å². The zero-order valence-corrected chi connectivity index (χ0v) is 22.0. The first-order valence-corrected chi connectivity index (χ1v) is 13.4. The number of nitrogens with two attached hydrogens (primary N) is 6. The van der Waals surface area contributed by atoms with Gasteiger partial charge in [-0.15, -0.1) is 0 Å². The van der Waals surface area contributed by atoms with Gasteiger partial charge in [-0.05, 0) is 18.9 Å². The van der Waals surface area contributed by atoms with Gasteiger partial charge < -0.3 is 88.4 Å². The van der Waals surface area contributed by atoms with Crippen molar-refractivity contribution in [2.75, 3.05) is 19.7 Å². The molecule has 16 atom stereocenters. The van der Waals surface area contributed by atoms with Gasteiger partial charge in [0.25, 0.3) is 0 Å². The lowest BCUT2D eigenvalue weighted by Gasteiger charge is -2.45. The number of hydrogen-bond donors (Lipinski definition) is 11. The molecule has 0 aromatic carbocycles. The molecule has 17 heteroatoms. The van der Waals surface area contributed by atoms with Gasteiger partial charge >= 0.3 is 0 Å². The first-order valence-electron chi connectivity index (χ1n) is 13.4. The van der Waals surface area contributed by atoms with Crippen molar-refractivity contribution in [1.29, 1.82) is 0 Å². The summed E-state index contributed by atoms with van der Waals surface area (Å²) >= 11 is 0. The van der Waals surface area contributed by atoms with Crippen LogP contribution in [0.2, 0.25) is 0 Å². The molecule has 3 heterocycles. The number of ether oxygens (including phenoxy) is 6. The summed E-state index contributed by atoms with van der Waals surface area (Å²) in [6, 6.07) is -3.24. The molecule has 17 N–H and O–H groups in total. The van der Waals surface area contributed by atoms with Crippen molar-refractivity contribution in [3.63, 3.8) is 0 Å². The fourth-order valence-electron chi connectivity index (χ4n) is 5.40. The minimum absolute atomic E-state index is 0.137. The SMILES string of the molecule is NCC1=CC[C@@H](N)[C@@H](O[C@H]2[C@H](O[C@@H]3O[C@H](CO)[C@@H](O[C@H]4OC(CN)[C@@H](O)[C@H](O)[C@H]4N)[C@H]3O)[C@@H](O)[C@H](N)C[C@@H]2N)O1. The van der Waals surface area contributed by atoms with Gasteiger partial charge in [-0.25, -0.2) is 0 Å². The van der Waals surface area contributed by atoms with Crippen LogP contribution in [0.25, 0.3) is 0 Å². The molecule has 0 amide bonds. The Hall–Kier alpha value is -1.10. The van der Waals surface area contributed by atoms with Gasteiger partial charge in [0, 0.05) is 18.6 Å². The Morgan fingerprint density at radius 1 is 0.725 bits per heavy atom. The lowest BCUT2D eigenvalue weighted by molar-refractivity contribution is -0.282. The molecule has 40 heavy (non-hydrogen) atoms. The van der Waals surface area contributed by atoms with E-state index >= 15 is 0 Å². The second kappa shape index (κ2) is 13.5. The van der Waals surface area contributed by atoms with Crippen molar-refractivity contribution in [1.82, 2.24) is 0 Å². The van der Waals surface area contributed by atoms with Gasteiger partial charge in [0.1, 0.15) is 54.6 Å². The van der Waals surface area contributed by atoms with Crippen LogP contribution in [0.5, 0.6) is 0 Å². The van der Waals surface area contributed by atoms with Crippen molar-refractivity contribution < 1.29 is 54.0 Å². The van der Waals surface area contributed by atoms with E-state index in [2.05, 4.69) is 0 Å². The van der Waals surface area contributed by atoms with Crippen LogP contribution in [0.1, 0.15) is 12.8 Å². The first-order chi connectivity index (χ1) is 19.0. The fraction of sp³-hybridized carbons (Fsp3) is 0.913. The van der Waals surface area contributed by atoms with Crippen LogP contribution >= 0.6 is 0 Å². The molecule has 17 nitrogen and oxygen atoms in total. The fourth-order valence-corrected chi connectivity index (χ4v) is 5.40. The Balaban J connectivity index is 1.48. The molecule has 4 aliphatic rings. The predicted molar refractivity (Wildman–Crippen MR) is 135 cm³/mol. The summed E-state index contributed by atoms with van der Waals surface area (Å²) in [4.78, 5) is 0. The van der Waals surface area contributed by atoms with Gasteiger partial charge in [0.2, 0.25) is 6.29 Å². The average molecular weight is 581 g/mol. The van der Waals surface area contributed by atoms with Crippen LogP contribution in [0.15, 0.2) is 11.8 Å². The van der Waals surface area contributed by atoms with E-state index in [1.807, 2.05) is 0 Å². The topological polar surface area (TPSA) is 313 Å². The molecular weight excluding hydrogens is 536 g/mol. The summed E-state index contributed by atoms with van der Waals surface area (Å²) in [5, 5.41) is 52.4. The van der Waals surface area contributed by atoms with Crippen molar-refractivity contribution in [2.24, 2.45) is 34.4 Å². The van der Waals surface area contributed by atoms with Crippen molar-refractivity contribution in [3.8, 4) is 0 Å².